The molecule has 1 aromatic carbocycles. The van der Waals surface area contributed by atoms with Crippen molar-refractivity contribution < 1.29 is 4.74 Å². The Morgan fingerprint density at radius 3 is 2.75 bits per heavy atom. The molecule has 4 heteroatoms. The first-order valence-electron chi connectivity index (χ1n) is 7.21. The molecule has 106 valence electrons. The van der Waals surface area contributed by atoms with E-state index in [9.17, 15) is 0 Å². The molecule has 2 heterocycles. The number of methoxy groups -OCH3 is 1. The zero-order chi connectivity index (χ0) is 13.9. The molecule has 0 amide bonds. The van der Waals surface area contributed by atoms with Crippen molar-refractivity contribution in [3.63, 3.8) is 0 Å². The summed E-state index contributed by atoms with van der Waals surface area (Å²) in [6, 6.07) is 6.04. The summed E-state index contributed by atoms with van der Waals surface area (Å²) in [7, 11) is 1.64. The standard InChI is InChI=1S/C16H21N3O/c1-20-16-8-13-7-12(10-18-15(13)9-14(16)17)11-19-5-3-2-4-6-19/h7-10H,2-6,11,17H2,1H3. The highest BCUT2D eigenvalue weighted by Gasteiger charge is 2.11. The van der Waals surface area contributed by atoms with Crippen molar-refractivity contribution in [2.45, 2.75) is 25.8 Å². The Bertz CT molecular complexity index is 606. The highest BCUT2D eigenvalue weighted by Crippen LogP contribution is 2.27. The lowest BCUT2D eigenvalue weighted by Crippen LogP contribution is -2.29. The normalized spacial score (nSPS) is 16.4. The van der Waals surface area contributed by atoms with Gasteiger partial charge in [-0.15, -0.1) is 0 Å². The monoisotopic (exact) mass is 271 g/mol. The molecule has 2 aromatic rings. The Morgan fingerprint density at radius 2 is 2.00 bits per heavy atom. The average Bonchev–Trinajstić information content (AvgIpc) is 2.48. The Kier molecular flexibility index (Phi) is 3.74. The van der Waals surface area contributed by atoms with Crippen LogP contribution in [0.1, 0.15) is 24.8 Å². The third-order valence-corrected chi connectivity index (χ3v) is 3.94. The zero-order valence-electron chi connectivity index (χ0n) is 11.9. The van der Waals surface area contributed by atoms with E-state index < -0.39 is 0 Å². The molecule has 2 N–H and O–H groups in total. The van der Waals surface area contributed by atoms with Gasteiger partial charge in [0.05, 0.1) is 18.3 Å². The van der Waals surface area contributed by atoms with Gasteiger partial charge in [-0.25, -0.2) is 0 Å². The average molecular weight is 271 g/mol. The molecule has 3 rings (SSSR count). The lowest BCUT2D eigenvalue weighted by Gasteiger charge is -2.26. The maximum Gasteiger partial charge on any atom is 0.142 e. The van der Waals surface area contributed by atoms with Crippen molar-refractivity contribution in [2.24, 2.45) is 0 Å². The second-order valence-electron chi connectivity index (χ2n) is 5.47. The first kappa shape index (κ1) is 13.2. The fourth-order valence-corrected chi connectivity index (χ4v) is 2.86. The van der Waals surface area contributed by atoms with Gasteiger partial charge in [-0.1, -0.05) is 6.42 Å². The molecule has 20 heavy (non-hydrogen) atoms. The fraction of sp³-hybridized carbons (Fsp3) is 0.438. The van der Waals surface area contributed by atoms with E-state index in [-0.39, 0.29) is 0 Å². The van der Waals surface area contributed by atoms with E-state index in [1.54, 1.807) is 7.11 Å². The number of aromatic nitrogens is 1. The van der Waals surface area contributed by atoms with E-state index in [2.05, 4.69) is 16.0 Å². The van der Waals surface area contributed by atoms with E-state index in [1.807, 2.05) is 18.3 Å². The summed E-state index contributed by atoms with van der Waals surface area (Å²) in [5.41, 5.74) is 8.72. The molecular formula is C16H21N3O. The van der Waals surface area contributed by atoms with E-state index in [0.29, 0.717) is 5.69 Å². The molecule has 1 aliphatic rings. The highest BCUT2D eigenvalue weighted by atomic mass is 16.5. The third-order valence-electron chi connectivity index (χ3n) is 3.94. The number of hydrogen-bond acceptors (Lipinski definition) is 4. The van der Waals surface area contributed by atoms with Crippen molar-refractivity contribution in [3.8, 4) is 5.75 Å². The van der Waals surface area contributed by atoms with Crippen LogP contribution in [0.5, 0.6) is 5.75 Å². The van der Waals surface area contributed by atoms with Crippen LogP contribution in [0, 0.1) is 0 Å². The Hall–Kier alpha value is -1.81. The minimum absolute atomic E-state index is 0.635. The maximum absolute atomic E-state index is 5.91. The van der Waals surface area contributed by atoms with Gasteiger partial charge in [0.2, 0.25) is 0 Å². The third kappa shape index (κ3) is 2.70. The largest absolute Gasteiger partial charge is 0.495 e. The van der Waals surface area contributed by atoms with E-state index in [0.717, 1.165) is 23.2 Å². The van der Waals surface area contributed by atoms with Crippen LogP contribution < -0.4 is 10.5 Å². The summed E-state index contributed by atoms with van der Waals surface area (Å²) in [6.45, 7) is 3.38. The van der Waals surface area contributed by atoms with Crippen LogP contribution in [0.4, 0.5) is 5.69 Å². The van der Waals surface area contributed by atoms with E-state index in [4.69, 9.17) is 10.5 Å². The number of nitrogens with zero attached hydrogens (tertiary/aromatic N) is 2. The van der Waals surface area contributed by atoms with Crippen LogP contribution in [0.2, 0.25) is 0 Å². The Balaban J connectivity index is 1.87. The molecular weight excluding hydrogens is 250 g/mol. The van der Waals surface area contributed by atoms with Crippen LogP contribution in [0.15, 0.2) is 24.4 Å². The molecule has 0 spiro atoms. The van der Waals surface area contributed by atoms with Crippen molar-refractivity contribution in [1.82, 2.24) is 9.88 Å². The first-order valence-corrected chi connectivity index (χ1v) is 7.21. The number of pyridine rings is 1. The lowest BCUT2D eigenvalue weighted by molar-refractivity contribution is 0.221. The first-order chi connectivity index (χ1) is 9.76. The van der Waals surface area contributed by atoms with Gasteiger partial charge in [0.1, 0.15) is 5.75 Å². The number of nitrogen functional groups attached to an aromatic ring is 1. The zero-order valence-corrected chi connectivity index (χ0v) is 11.9. The van der Waals surface area contributed by atoms with Crippen LogP contribution in [0.3, 0.4) is 0 Å². The second-order valence-corrected chi connectivity index (χ2v) is 5.47. The van der Waals surface area contributed by atoms with Gasteiger partial charge in [-0.05, 0) is 49.7 Å². The summed E-state index contributed by atoms with van der Waals surface area (Å²) in [5, 5.41) is 1.09. The van der Waals surface area contributed by atoms with Crippen molar-refractivity contribution >= 4 is 16.6 Å². The summed E-state index contributed by atoms with van der Waals surface area (Å²) < 4.78 is 5.28. The predicted octanol–water partition coefficient (Wildman–Crippen LogP) is 2.81. The van der Waals surface area contributed by atoms with Crippen LogP contribution in [-0.4, -0.2) is 30.1 Å². The summed E-state index contributed by atoms with van der Waals surface area (Å²) in [6.07, 6.45) is 5.95. The van der Waals surface area contributed by atoms with Gasteiger partial charge in [0.15, 0.2) is 0 Å². The number of fused-ring (bicyclic) bond motifs is 1. The fourth-order valence-electron chi connectivity index (χ4n) is 2.86. The predicted molar refractivity (Wildman–Crippen MR) is 81.8 cm³/mol. The molecule has 1 fully saturated rings. The number of piperidine rings is 1. The summed E-state index contributed by atoms with van der Waals surface area (Å²) >= 11 is 0. The number of anilines is 1. The molecule has 1 saturated heterocycles. The van der Waals surface area contributed by atoms with Gasteiger partial charge in [0, 0.05) is 18.1 Å². The number of rotatable bonds is 3. The highest BCUT2D eigenvalue weighted by molar-refractivity contribution is 5.85. The van der Waals surface area contributed by atoms with Crippen molar-refractivity contribution in [1.29, 1.82) is 0 Å². The molecule has 0 aliphatic carbocycles. The van der Waals surface area contributed by atoms with Crippen LogP contribution in [-0.2, 0) is 6.54 Å². The quantitative estimate of drug-likeness (QED) is 0.872. The van der Waals surface area contributed by atoms with Gasteiger partial charge < -0.3 is 10.5 Å². The molecule has 0 bridgehead atoms. The maximum atomic E-state index is 5.91. The molecule has 0 saturated carbocycles. The van der Waals surface area contributed by atoms with E-state index in [1.165, 1.54) is 37.9 Å². The smallest absolute Gasteiger partial charge is 0.142 e. The van der Waals surface area contributed by atoms with Gasteiger partial charge in [0.25, 0.3) is 0 Å². The van der Waals surface area contributed by atoms with E-state index >= 15 is 0 Å². The number of benzene rings is 1. The molecule has 0 atom stereocenters. The molecule has 0 unspecified atom stereocenters. The minimum Gasteiger partial charge on any atom is -0.495 e. The van der Waals surface area contributed by atoms with Crippen molar-refractivity contribution in [2.75, 3.05) is 25.9 Å². The number of likely N-dealkylation sites (tertiary alicyclic amines) is 1. The number of hydrogen-bond donors (Lipinski definition) is 1. The SMILES string of the molecule is COc1cc2cc(CN3CCCCC3)cnc2cc1N. The molecule has 4 nitrogen and oxygen atoms in total. The topological polar surface area (TPSA) is 51.4 Å². The van der Waals surface area contributed by atoms with Crippen LogP contribution >= 0.6 is 0 Å². The Labute approximate surface area is 119 Å². The number of ether oxygens (including phenoxy) is 1. The summed E-state index contributed by atoms with van der Waals surface area (Å²) in [5.74, 6) is 0.717. The van der Waals surface area contributed by atoms with Gasteiger partial charge >= 0.3 is 0 Å². The minimum atomic E-state index is 0.635. The van der Waals surface area contributed by atoms with Crippen LogP contribution in [0.25, 0.3) is 10.9 Å². The molecule has 1 aromatic heterocycles. The second kappa shape index (κ2) is 5.67. The Morgan fingerprint density at radius 1 is 1.20 bits per heavy atom. The van der Waals surface area contributed by atoms with Gasteiger partial charge in [-0.3, -0.25) is 9.88 Å². The summed E-state index contributed by atoms with van der Waals surface area (Å²) in [4.78, 5) is 7.02. The lowest BCUT2D eigenvalue weighted by atomic mass is 10.1. The molecule has 0 radical (unpaired) electrons. The molecule has 1 aliphatic heterocycles. The van der Waals surface area contributed by atoms with Gasteiger partial charge in [-0.2, -0.15) is 0 Å². The number of nitrogens with two attached hydrogens (primary N) is 1. The van der Waals surface area contributed by atoms with Crippen molar-refractivity contribution in [3.05, 3.63) is 30.0 Å².